The maximum absolute atomic E-state index is 12.3. The van der Waals surface area contributed by atoms with Gasteiger partial charge in [-0.2, -0.15) is 5.10 Å². The SMILES string of the molecule is COc1ccccc1OCC(=O)NCCn1ncc2c(N3CCCC3)nc(SC(C)C)nc21. The number of para-hydroxylation sites is 2. The Morgan fingerprint density at radius 1 is 1.18 bits per heavy atom. The van der Waals surface area contributed by atoms with E-state index in [0.29, 0.717) is 29.8 Å². The van der Waals surface area contributed by atoms with Crippen LogP contribution in [-0.2, 0) is 11.3 Å². The smallest absolute Gasteiger partial charge is 0.258 e. The normalized spacial score (nSPS) is 13.6. The summed E-state index contributed by atoms with van der Waals surface area (Å²) >= 11 is 1.65. The van der Waals surface area contributed by atoms with Crippen molar-refractivity contribution in [1.82, 2.24) is 25.1 Å². The van der Waals surface area contributed by atoms with Gasteiger partial charge in [0.15, 0.2) is 28.9 Å². The third-order valence-electron chi connectivity index (χ3n) is 5.28. The molecule has 1 aromatic carbocycles. The van der Waals surface area contributed by atoms with E-state index in [-0.39, 0.29) is 12.5 Å². The van der Waals surface area contributed by atoms with Crippen molar-refractivity contribution in [2.75, 3.05) is 38.3 Å². The summed E-state index contributed by atoms with van der Waals surface area (Å²) in [6, 6.07) is 7.25. The highest BCUT2D eigenvalue weighted by Crippen LogP contribution is 2.30. The Kier molecular flexibility index (Phi) is 7.54. The zero-order valence-electron chi connectivity index (χ0n) is 19.3. The van der Waals surface area contributed by atoms with E-state index >= 15 is 0 Å². The standard InChI is InChI=1S/C23H30N6O3S/c1-16(2)33-23-26-21(28-11-6-7-12-28)17-14-25-29(22(17)27-23)13-10-24-20(30)15-32-19-9-5-4-8-18(19)31-3/h4-5,8-9,14,16H,6-7,10-13,15H2,1-3H3,(H,24,30). The van der Waals surface area contributed by atoms with Gasteiger partial charge in [0, 0.05) is 24.9 Å². The minimum atomic E-state index is -0.208. The van der Waals surface area contributed by atoms with E-state index < -0.39 is 0 Å². The first kappa shape index (κ1) is 23.2. The number of anilines is 1. The number of aromatic nitrogens is 4. The van der Waals surface area contributed by atoms with Gasteiger partial charge in [-0.25, -0.2) is 14.6 Å². The third-order valence-corrected chi connectivity index (χ3v) is 6.14. The molecule has 0 aliphatic carbocycles. The summed E-state index contributed by atoms with van der Waals surface area (Å²) in [5, 5.41) is 9.52. The lowest BCUT2D eigenvalue weighted by atomic mass is 10.3. The number of carbonyl (C=O) groups is 1. The highest BCUT2D eigenvalue weighted by atomic mass is 32.2. The number of methoxy groups -OCH3 is 1. The van der Waals surface area contributed by atoms with Crippen LogP contribution in [0.25, 0.3) is 11.0 Å². The second kappa shape index (κ2) is 10.7. The molecule has 1 aliphatic heterocycles. The fourth-order valence-electron chi connectivity index (χ4n) is 3.75. The molecule has 4 rings (SSSR count). The molecule has 0 saturated carbocycles. The minimum Gasteiger partial charge on any atom is -0.493 e. The monoisotopic (exact) mass is 470 g/mol. The molecule has 3 heterocycles. The number of ether oxygens (including phenoxy) is 2. The van der Waals surface area contributed by atoms with E-state index in [1.807, 2.05) is 23.0 Å². The molecular formula is C23H30N6O3S. The number of rotatable bonds is 10. The molecule has 0 atom stereocenters. The van der Waals surface area contributed by atoms with Gasteiger partial charge in [0.2, 0.25) is 0 Å². The number of carbonyl (C=O) groups excluding carboxylic acids is 1. The Balaban J connectivity index is 1.41. The molecule has 1 N–H and O–H groups in total. The third kappa shape index (κ3) is 5.68. The summed E-state index contributed by atoms with van der Waals surface area (Å²) in [5.74, 6) is 1.88. The molecule has 1 amide bonds. The molecule has 0 radical (unpaired) electrons. The maximum Gasteiger partial charge on any atom is 0.258 e. The van der Waals surface area contributed by atoms with Crippen LogP contribution in [0.15, 0.2) is 35.6 Å². The van der Waals surface area contributed by atoms with Crippen LogP contribution in [0.2, 0.25) is 0 Å². The van der Waals surface area contributed by atoms with E-state index in [0.717, 1.165) is 35.1 Å². The van der Waals surface area contributed by atoms with Crippen molar-refractivity contribution in [2.45, 2.75) is 43.6 Å². The number of nitrogens with zero attached hydrogens (tertiary/aromatic N) is 5. The summed E-state index contributed by atoms with van der Waals surface area (Å²) in [6.07, 6.45) is 4.18. The lowest BCUT2D eigenvalue weighted by Crippen LogP contribution is -2.31. The molecule has 0 spiro atoms. The fourth-order valence-corrected chi connectivity index (χ4v) is 4.45. The molecule has 1 aliphatic rings. The first-order chi connectivity index (χ1) is 16.0. The zero-order chi connectivity index (χ0) is 23.2. The van der Waals surface area contributed by atoms with E-state index in [1.165, 1.54) is 12.8 Å². The number of thioether (sulfide) groups is 1. The van der Waals surface area contributed by atoms with Gasteiger partial charge in [-0.3, -0.25) is 4.79 Å². The molecule has 1 fully saturated rings. The summed E-state index contributed by atoms with van der Waals surface area (Å²) in [5.41, 5.74) is 0.801. The Hall–Kier alpha value is -3.01. The van der Waals surface area contributed by atoms with Gasteiger partial charge >= 0.3 is 0 Å². The first-order valence-corrected chi connectivity index (χ1v) is 12.1. The average molecular weight is 471 g/mol. The summed E-state index contributed by atoms with van der Waals surface area (Å²) in [7, 11) is 1.57. The maximum atomic E-state index is 12.3. The molecule has 0 unspecified atom stereocenters. The van der Waals surface area contributed by atoms with Gasteiger partial charge in [-0.15, -0.1) is 0 Å². The highest BCUT2D eigenvalue weighted by Gasteiger charge is 2.21. The van der Waals surface area contributed by atoms with Crippen molar-refractivity contribution in [3.05, 3.63) is 30.5 Å². The molecule has 0 bridgehead atoms. The number of fused-ring (bicyclic) bond motifs is 1. The van der Waals surface area contributed by atoms with Crippen LogP contribution >= 0.6 is 11.8 Å². The van der Waals surface area contributed by atoms with Gasteiger partial charge in [-0.05, 0) is 25.0 Å². The van der Waals surface area contributed by atoms with Crippen molar-refractivity contribution in [3.63, 3.8) is 0 Å². The Bertz CT molecular complexity index is 1100. The molecule has 1 saturated heterocycles. The largest absolute Gasteiger partial charge is 0.493 e. The van der Waals surface area contributed by atoms with E-state index in [2.05, 4.69) is 29.2 Å². The van der Waals surface area contributed by atoms with Crippen LogP contribution < -0.4 is 19.7 Å². The van der Waals surface area contributed by atoms with E-state index in [1.54, 1.807) is 31.0 Å². The van der Waals surface area contributed by atoms with E-state index in [4.69, 9.17) is 19.4 Å². The predicted octanol–water partition coefficient (Wildman–Crippen LogP) is 3.13. The van der Waals surface area contributed by atoms with Crippen LogP contribution in [0.3, 0.4) is 0 Å². The van der Waals surface area contributed by atoms with Gasteiger partial charge in [-0.1, -0.05) is 37.7 Å². The van der Waals surface area contributed by atoms with Crippen molar-refractivity contribution in [2.24, 2.45) is 0 Å². The Labute approximate surface area is 197 Å². The topological polar surface area (TPSA) is 94.4 Å². The fraction of sp³-hybridized carbons (Fsp3) is 0.478. The number of hydrogen-bond donors (Lipinski definition) is 1. The minimum absolute atomic E-state index is 0.0866. The molecule has 10 heteroatoms. The molecule has 9 nitrogen and oxygen atoms in total. The molecule has 3 aromatic rings. The lowest BCUT2D eigenvalue weighted by Gasteiger charge is -2.18. The number of nitrogens with one attached hydrogen (secondary N) is 1. The van der Waals surface area contributed by atoms with Crippen LogP contribution in [0.1, 0.15) is 26.7 Å². The average Bonchev–Trinajstić information content (AvgIpc) is 3.48. The summed E-state index contributed by atoms with van der Waals surface area (Å²) in [4.78, 5) is 24.2. The van der Waals surface area contributed by atoms with Gasteiger partial charge in [0.1, 0.15) is 5.82 Å². The van der Waals surface area contributed by atoms with Crippen molar-refractivity contribution in [3.8, 4) is 11.5 Å². The van der Waals surface area contributed by atoms with Crippen LogP contribution in [-0.4, -0.2) is 64.3 Å². The summed E-state index contributed by atoms with van der Waals surface area (Å²) < 4.78 is 12.7. The zero-order valence-corrected chi connectivity index (χ0v) is 20.1. The van der Waals surface area contributed by atoms with Crippen molar-refractivity contribution in [1.29, 1.82) is 0 Å². The van der Waals surface area contributed by atoms with Crippen molar-refractivity contribution < 1.29 is 14.3 Å². The van der Waals surface area contributed by atoms with Gasteiger partial charge in [0.05, 0.1) is 25.2 Å². The molecule has 2 aromatic heterocycles. The quantitative estimate of drug-likeness (QED) is 0.357. The number of amides is 1. The Morgan fingerprint density at radius 3 is 2.67 bits per heavy atom. The lowest BCUT2D eigenvalue weighted by molar-refractivity contribution is -0.123. The molecule has 176 valence electrons. The second-order valence-corrected chi connectivity index (χ2v) is 9.63. The van der Waals surface area contributed by atoms with Gasteiger partial charge < -0.3 is 19.7 Å². The Morgan fingerprint density at radius 2 is 1.94 bits per heavy atom. The second-order valence-electron chi connectivity index (χ2n) is 8.09. The summed E-state index contributed by atoms with van der Waals surface area (Å²) in [6.45, 7) is 7.11. The first-order valence-electron chi connectivity index (χ1n) is 11.2. The van der Waals surface area contributed by atoms with Crippen molar-refractivity contribution >= 4 is 34.5 Å². The van der Waals surface area contributed by atoms with E-state index in [9.17, 15) is 4.79 Å². The predicted molar refractivity (Wildman–Crippen MR) is 129 cm³/mol. The highest BCUT2D eigenvalue weighted by molar-refractivity contribution is 7.99. The van der Waals surface area contributed by atoms with Crippen LogP contribution in [0.4, 0.5) is 5.82 Å². The number of hydrogen-bond acceptors (Lipinski definition) is 8. The molecule has 33 heavy (non-hydrogen) atoms. The van der Waals surface area contributed by atoms with Crippen LogP contribution in [0, 0.1) is 0 Å². The van der Waals surface area contributed by atoms with Crippen LogP contribution in [0.5, 0.6) is 11.5 Å². The number of benzene rings is 1. The molecular weight excluding hydrogens is 440 g/mol. The van der Waals surface area contributed by atoms with Gasteiger partial charge in [0.25, 0.3) is 5.91 Å².